The number of anilines is 2. The van der Waals surface area contributed by atoms with E-state index in [1.54, 1.807) is 0 Å². The molecule has 5 aromatic rings. The Balaban J connectivity index is 1.58. The zero-order valence-electron chi connectivity index (χ0n) is 21.1. The summed E-state index contributed by atoms with van der Waals surface area (Å²) in [7, 11) is 0. The molecule has 0 unspecified atom stereocenters. The van der Waals surface area contributed by atoms with E-state index in [2.05, 4.69) is 79.6 Å². The van der Waals surface area contributed by atoms with E-state index in [9.17, 15) is 0 Å². The molecule has 0 aliphatic rings. The number of nitrogens with one attached hydrogen (secondary N) is 1. The van der Waals surface area contributed by atoms with Crippen LogP contribution >= 0.6 is 0 Å². The number of aryl methyl sites for hydroxylation is 6. The summed E-state index contributed by atoms with van der Waals surface area (Å²) in [6, 6.07) is 19.0. The summed E-state index contributed by atoms with van der Waals surface area (Å²) in [5.41, 5.74) is 8.73. The van der Waals surface area contributed by atoms with E-state index < -0.39 is 0 Å². The van der Waals surface area contributed by atoms with Gasteiger partial charge in [-0.05, 0) is 64.3 Å². The lowest BCUT2D eigenvalue weighted by molar-refractivity contribution is 0.840. The second-order valence-corrected chi connectivity index (χ2v) is 9.32. The first-order valence-corrected chi connectivity index (χ1v) is 11.9. The van der Waals surface area contributed by atoms with Crippen LogP contribution in [0.15, 0.2) is 54.6 Å². The van der Waals surface area contributed by atoms with Crippen LogP contribution in [0.25, 0.3) is 16.7 Å². The summed E-state index contributed by atoms with van der Waals surface area (Å²) in [4.78, 5) is 14.4. The molecular weight excluding hydrogens is 432 g/mol. The first-order chi connectivity index (χ1) is 16.8. The minimum absolute atomic E-state index is 0.732. The molecule has 176 valence electrons. The molecule has 6 nitrogen and oxygen atoms in total. The van der Waals surface area contributed by atoms with Crippen LogP contribution in [0, 0.1) is 41.5 Å². The maximum Gasteiger partial charge on any atom is 0.156 e. The molecule has 0 aliphatic carbocycles. The van der Waals surface area contributed by atoms with Gasteiger partial charge in [-0.3, -0.25) is 0 Å². The second kappa shape index (κ2) is 8.95. The van der Waals surface area contributed by atoms with Crippen molar-refractivity contribution in [2.45, 2.75) is 48.0 Å². The van der Waals surface area contributed by atoms with Crippen LogP contribution < -0.4 is 5.32 Å². The van der Waals surface area contributed by atoms with Crippen LogP contribution in [0.3, 0.4) is 0 Å². The van der Waals surface area contributed by atoms with Crippen LogP contribution in [0.5, 0.6) is 0 Å². The molecule has 0 spiro atoms. The third-order valence-electron chi connectivity index (χ3n) is 6.36. The van der Waals surface area contributed by atoms with Crippen molar-refractivity contribution in [3.8, 4) is 5.82 Å². The Morgan fingerprint density at radius 2 is 1.57 bits per heavy atom. The van der Waals surface area contributed by atoms with Crippen LogP contribution in [0.2, 0.25) is 0 Å². The molecule has 3 aromatic heterocycles. The van der Waals surface area contributed by atoms with Crippen molar-refractivity contribution in [3.63, 3.8) is 0 Å². The first kappa shape index (κ1) is 22.7. The molecule has 35 heavy (non-hydrogen) atoms. The number of para-hydroxylation sites is 1. The fourth-order valence-corrected chi connectivity index (χ4v) is 4.50. The number of fused-ring (bicyclic) bond motifs is 1. The first-order valence-electron chi connectivity index (χ1n) is 11.9. The van der Waals surface area contributed by atoms with Crippen molar-refractivity contribution in [2.24, 2.45) is 0 Å². The van der Waals surface area contributed by atoms with Crippen molar-refractivity contribution in [1.82, 2.24) is 24.7 Å². The van der Waals surface area contributed by atoms with Gasteiger partial charge in [0.1, 0.15) is 17.5 Å². The van der Waals surface area contributed by atoms with E-state index in [4.69, 9.17) is 15.1 Å². The number of rotatable bonds is 5. The Labute approximate surface area is 206 Å². The van der Waals surface area contributed by atoms with Crippen LogP contribution in [0.4, 0.5) is 11.6 Å². The Kier molecular flexibility index (Phi) is 5.81. The molecule has 0 bridgehead atoms. The lowest BCUT2D eigenvalue weighted by Crippen LogP contribution is -2.10. The normalized spacial score (nSPS) is 11.3. The summed E-state index contributed by atoms with van der Waals surface area (Å²) in [6.07, 6.45) is 0.744. The fraction of sp³-hybridized carbons (Fsp3) is 0.241. The van der Waals surface area contributed by atoms with Crippen molar-refractivity contribution in [3.05, 3.63) is 99.6 Å². The van der Waals surface area contributed by atoms with Gasteiger partial charge < -0.3 is 5.32 Å². The molecule has 0 aliphatic heterocycles. The summed E-state index contributed by atoms with van der Waals surface area (Å²) in [5, 5.41) is 9.50. The van der Waals surface area contributed by atoms with Gasteiger partial charge in [-0.25, -0.2) is 15.0 Å². The van der Waals surface area contributed by atoms with Crippen molar-refractivity contribution >= 4 is 22.5 Å². The van der Waals surface area contributed by atoms with Crippen molar-refractivity contribution in [2.75, 3.05) is 5.32 Å². The van der Waals surface area contributed by atoms with Gasteiger partial charge in [-0.2, -0.15) is 9.78 Å². The fourth-order valence-electron chi connectivity index (χ4n) is 4.50. The quantitative estimate of drug-likeness (QED) is 0.327. The highest BCUT2D eigenvalue weighted by Gasteiger charge is 2.16. The van der Waals surface area contributed by atoms with E-state index in [0.29, 0.717) is 0 Å². The van der Waals surface area contributed by atoms with Gasteiger partial charge in [0.15, 0.2) is 5.82 Å². The lowest BCUT2D eigenvalue weighted by Gasteiger charge is -2.16. The van der Waals surface area contributed by atoms with Crippen molar-refractivity contribution in [1.29, 1.82) is 0 Å². The zero-order chi connectivity index (χ0) is 24.7. The molecular formula is C29H30N6. The highest BCUT2D eigenvalue weighted by Crippen LogP contribution is 2.28. The predicted molar refractivity (Wildman–Crippen MR) is 142 cm³/mol. The van der Waals surface area contributed by atoms with Crippen LogP contribution in [-0.2, 0) is 6.42 Å². The van der Waals surface area contributed by atoms with Gasteiger partial charge in [-0.15, -0.1) is 0 Å². The molecule has 0 saturated carbocycles. The molecule has 0 radical (unpaired) electrons. The van der Waals surface area contributed by atoms with Crippen molar-refractivity contribution < 1.29 is 0 Å². The summed E-state index contributed by atoms with van der Waals surface area (Å²) in [6.45, 7) is 12.3. The third-order valence-corrected chi connectivity index (χ3v) is 6.36. The molecule has 0 amide bonds. The van der Waals surface area contributed by atoms with E-state index in [-0.39, 0.29) is 0 Å². The number of hydrogen-bond donors (Lipinski definition) is 1. The summed E-state index contributed by atoms with van der Waals surface area (Å²) in [5.74, 6) is 3.13. The van der Waals surface area contributed by atoms with Gasteiger partial charge in [0.25, 0.3) is 0 Å². The average Bonchev–Trinajstić information content (AvgIpc) is 3.18. The smallest absolute Gasteiger partial charge is 0.156 e. The molecule has 0 saturated heterocycles. The molecule has 0 atom stereocenters. The average molecular weight is 463 g/mol. The van der Waals surface area contributed by atoms with Gasteiger partial charge in [0.05, 0.1) is 11.2 Å². The molecule has 6 heteroatoms. The SMILES string of the molecule is Cc1ccc(Cc2c(C)nc(C)nc2Nc2cc(C)nn2-c2cc(C)c3cccc(C)c3n2)cc1. The van der Waals surface area contributed by atoms with Gasteiger partial charge >= 0.3 is 0 Å². The Morgan fingerprint density at radius 1 is 0.800 bits per heavy atom. The second-order valence-electron chi connectivity index (χ2n) is 9.32. The minimum atomic E-state index is 0.732. The molecule has 0 fully saturated rings. The molecule has 3 heterocycles. The standard InChI is InChI=1S/C29H30N6/c1-17-10-12-23(13-11-17)16-25-21(5)30-22(6)31-29(25)33-27-15-20(4)34-35(27)26-14-19(3)24-9-7-8-18(2)28(24)32-26/h7-15H,16H2,1-6H3,(H,30,31,33). The minimum Gasteiger partial charge on any atom is -0.324 e. The lowest BCUT2D eigenvalue weighted by atomic mass is 10.0. The van der Waals surface area contributed by atoms with E-state index >= 15 is 0 Å². The molecule has 5 rings (SSSR count). The highest BCUT2D eigenvalue weighted by molar-refractivity contribution is 5.85. The number of hydrogen-bond acceptors (Lipinski definition) is 5. The topological polar surface area (TPSA) is 68.5 Å². The zero-order valence-corrected chi connectivity index (χ0v) is 21.1. The Morgan fingerprint density at radius 3 is 2.34 bits per heavy atom. The molecule has 1 N–H and O–H groups in total. The number of aromatic nitrogens is 5. The monoisotopic (exact) mass is 462 g/mol. The predicted octanol–water partition coefficient (Wildman–Crippen LogP) is 6.40. The third kappa shape index (κ3) is 4.52. The maximum atomic E-state index is 4.98. The number of pyridine rings is 1. The number of nitrogens with zero attached hydrogens (tertiary/aromatic N) is 5. The van der Waals surface area contributed by atoms with Crippen LogP contribution in [0.1, 0.15) is 45.0 Å². The van der Waals surface area contributed by atoms with E-state index in [0.717, 1.165) is 63.1 Å². The largest absolute Gasteiger partial charge is 0.324 e. The Hall–Kier alpha value is -4.06. The maximum absolute atomic E-state index is 4.98. The summed E-state index contributed by atoms with van der Waals surface area (Å²) >= 11 is 0. The van der Waals surface area contributed by atoms with E-state index in [1.165, 1.54) is 16.7 Å². The van der Waals surface area contributed by atoms with Gasteiger partial charge in [0.2, 0.25) is 0 Å². The van der Waals surface area contributed by atoms with Gasteiger partial charge in [-0.1, -0.05) is 48.0 Å². The highest BCUT2D eigenvalue weighted by atomic mass is 15.4. The number of benzene rings is 2. The Bertz CT molecular complexity index is 1550. The van der Waals surface area contributed by atoms with Gasteiger partial charge in [0, 0.05) is 29.1 Å². The molecule has 2 aromatic carbocycles. The van der Waals surface area contributed by atoms with E-state index in [1.807, 2.05) is 31.5 Å². The summed E-state index contributed by atoms with van der Waals surface area (Å²) < 4.78 is 1.87. The van der Waals surface area contributed by atoms with Crippen LogP contribution in [-0.4, -0.2) is 24.7 Å².